The molecule has 0 saturated heterocycles. The van der Waals surface area contributed by atoms with Crippen molar-refractivity contribution in [2.24, 2.45) is 5.92 Å². The maximum Gasteiger partial charge on any atom is 0.342 e. The van der Waals surface area contributed by atoms with Crippen LogP contribution in [0.4, 0.5) is 4.79 Å². The van der Waals surface area contributed by atoms with E-state index in [9.17, 15) is 14.4 Å². The van der Waals surface area contributed by atoms with Crippen molar-refractivity contribution in [3.63, 3.8) is 0 Å². The van der Waals surface area contributed by atoms with Gasteiger partial charge in [0.15, 0.2) is 6.61 Å². The number of rotatable bonds is 6. The molecular formula is C15H19ClN2O5. The van der Waals surface area contributed by atoms with Crippen LogP contribution in [0, 0.1) is 5.92 Å². The number of nitrogens with one attached hydrogen (secondary N) is 2. The highest BCUT2D eigenvalue weighted by molar-refractivity contribution is 6.31. The fourth-order valence-electron chi connectivity index (χ4n) is 1.55. The van der Waals surface area contributed by atoms with Gasteiger partial charge in [-0.1, -0.05) is 25.4 Å². The Kier molecular flexibility index (Phi) is 7.34. The first-order valence-electron chi connectivity index (χ1n) is 6.91. The average molecular weight is 343 g/mol. The number of halogens is 1. The molecule has 0 aliphatic carbocycles. The van der Waals surface area contributed by atoms with Gasteiger partial charge >= 0.3 is 12.0 Å². The Labute approximate surface area is 139 Å². The number of hydrogen-bond donors (Lipinski definition) is 2. The van der Waals surface area contributed by atoms with Crippen LogP contribution in [0.1, 0.15) is 24.2 Å². The predicted molar refractivity (Wildman–Crippen MR) is 84.7 cm³/mol. The summed E-state index contributed by atoms with van der Waals surface area (Å²) in [5.74, 6) is -0.985. The van der Waals surface area contributed by atoms with Gasteiger partial charge in [0.1, 0.15) is 11.3 Å². The first kappa shape index (κ1) is 18.8. The van der Waals surface area contributed by atoms with Crippen LogP contribution in [0.2, 0.25) is 5.02 Å². The minimum atomic E-state index is -0.776. The van der Waals surface area contributed by atoms with Crippen molar-refractivity contribution < 1.29 is 23.9 Å². The number of carbonyl (C=O) groups excluding carboxylic acids is 3. The number of hydrogen-bond acceptors (Lipinski definition) is 5. The van der Waals surface area contributed by atoms with E-state index in [1.165, 1.54) is 19.2 Å². The zero-order valence-corrected chi connectivity index (χ0v) is 13.9. The molecule has 0 bridgehead atoms. The number of amides is 3. The number of urea groups is 1. The molecule has 3 amide bonds. The van der Waals surface area contributed by atoms with Gasteiger partial charge in [-0.25, -0.2) is 9.59 Å². The molecule has 0 saturated carbocycles. The van der Waals surface area contributed by atoms with Crippen LogP contribution in [0.15, 0.2) is 18.2 Å². The Bertz CT molecular complexity index is 589. The van der Waals surface area contributed by atoms with Crippen LogP contribution in [0.5, 0.6) is 5.75 Å². The van der Waals surface area contributed by atoms with E-state index in [4.69, 9.17) is 21.1 Å². The molecule has 2 N–H and O–H groups in total. The van der Waals surface area contributed by atoms with E-state index in [0.717, 1.165) is 0 Å². The summed E-state index contributed by atoms with van der Waals surface area (Å²) in [6.45, 7) is 3.67. The molecule has 0 fully saturated rings. The summed E-state index contributed by atoms with van der Waals surface area (Å²) >= 11 is 5.81. The highest BCUT2D eigenvalue weighted by Crippen LogP contribution is 2.23. The van der Waals surface area contributed by atoms with Gasteiger partial charge in [-0.3, -0.25) is 10.1 Å². The first-order valence-corrected chi connectivity index (χ1v) is 7.29. The van der Waals surface area contributed by atoms with E-state index >= 15 is 0 Å². The highest BCUT2D eigenvalue weighted by Gasteiger charge is 2.17. The molecule has 0 heterocycles. The number of methoxy groups -OCH3 is 1. The van der Waals surface area contributed by atoms with E-state index in [1.54, 1.807) is 6.07 Å². The van der Waals surface area contributed by atoms with E-state index in [2.05, 4.69) is 10.6 Å². The summed E-state index contributed by atoms with van der Waals surface area (Å²) in [6.07, 6.45) is 0. The molecule has 0 aromatic heterocycles. The Morgan fingerprint density at radius 3 is 2.57 bits per heavy atom. The Balaban J connectivity index is 2.51. The zero-order chi connectivity index (χ0) is 17.4. The van der Waals surface area contributed by atoms with Gasteiger partial charge < -0.3 is 14.8 Å². The largest absolute Gasteiger partial charge is 0.496 e. The van der Waals surface area contributed by atoms with Crippen molar-refractivity contribution >= 4 is 29.5 Å². The van der Waals surface area contributed by atoms with Gasteiger partial charge in [0.25, 0.3) is 5.91 Å². The molecule has 0 unspecified atom stereocenters. The first-order chi connectivity index (χ1) is 10.8. The second-order valence-electron chi connectivity index (χ2n) is 5.07. The lowest BCUT2D eigenvalue weighted by Crippen LogP contribution is -2.42. The maximum atomic E-state index is 11.9. The normalized spacial score (nSPS) is 10.1. The summed E-state index contributed by atoms with van der Waals surface area (Å²) in [4.78, 5) is 34.9. The van der Waals surface area contributed by atoms with E-state index in [0.29, 0.717) is 11.6 Å². The third-order valence-corrected chi connectivity index (χ3v) is 2.87. The van der Waals surface area contributed by atoms with Crippen molar-refractivity contribution in [3.05, 3.63) is 28.8 Å². The van der Waals surface area contributed by atoms with Crippen molar-refractivity contribution in [2.75, 3.05) is 20.3 Å². The van der Waals surface area contributed by atoms with Gasteiger partial charge in [0, 0.05) is 11.6 Å². The molecule has 0 radical (unpaired) electrons. The molecule has 1 aromatic rings. The smallest absolute Gasteiger partial charge is 0.342 e. The molecule has 1 aromatic carbocycles. The van der Waals surface area contributed by atoms with Crippen LogP contribution < -0.4 is 15.4 Å². The van der Waals surface area contributed by atoms with Crippen LogP contribution in [-0.4, -0.2) is 38.2 Å². The number of carbonyl (C=O) groups is 3. The maximum absolute atomic E-state index is 11.9. The quantitative estimate of drug-likeness (QED) is 0.771. The highest BCUT2D eigenvalue weighted by atomic mass is 35.5. The average Bonchev–Trinajstić information content (AvgIpc) is 2.50. The van der Waals surface area contributed by atoms with E-state index in [-0.39, 0.29) is 17.2 Å². The Hall–Kier alpha value is -2.28. The molecule has 8 heteroatoms. The lowest BCUT2D eigenvalue weighted by Gasteiger charge is -2.10. The third kappa shape index (κ3) is 6.56. The monoisotopic (exact) mass is 342 g/mol. The molecule has 0 spiro atoms. The van der Waals surface area contributed by atoms with Gasteiger partial charge in [0.05, 0.1) is 7.11 Å². The van der Waals surface area contributed by atoms with Crippen molar-refractivity contribution in [1.82, 2.24) is 10.6 Å². The molecule has 0 aliphatic rings. The predicted octanol–water partition coefficient (Wildman–Crippen LogP) is 1.99. The van der Waals surface area contributed by atoms with Gasteiger partial charge in [-0.15, -0.1) is 0 Å². The SMILES string of the molecule is COc1ccc(Cl)cc1C(=O)OCC(=O)NC(=O)NCC(C)C. The summed E-state index contributed by atoms with van der Waals surface area (Å²) in [7, 11) is 1.39. The number of ether oxygens (including phenoxy) is 2. The Morgan fingerprint density at radius 1 is 1.26 bits per heavy atom. The lowest BCUT2D eigenvalue weighted by molar-refractivity contribution is -0.123. The molecule has 0 atom stereocenters. The molecule has 23 heavy (non-hydrogen) atoms. The second kappa shape index (κ2) is 8.99. The topological polar surface area (TPSA) is 93.7 Å². The van der Waals surface area contributed by atoms with Gasteiger partial charge in [-0.2, -0.15) is 0 Å². The third-order valence-electron chi connectivity index (χ3n) is 2.64. The van der Waals surface area contributed by atoms with Crippen molar-refractivity contribution in [1.29, 1.82) is 0 Å². The van der Waals surface area contributed by atoms with E-state index in [1.807, 2.05) is 13.8 Å². The minimum Gasteiger partial charge on any atom is -0.496 e. The zero-order valence-electron chi connectivity index (χ0n) is 13.1. The molecule has 126 valence electrons. The second-order valence-corrected chi connectivity index (χ2v) is 5.51. The van der Waals surface area contributed by atoms with Crippen molar-refractivity contribution in [2.45, 2.75) is 13.8 Å². The number of esters is 1. The summed E-state index contributed by atoms with van der Waals surface area (Å²) in [5, 5.41) is 4.90. The molecule has 7 nitrogen and oxygen atoms in total. The molecular weight excluding hydrogens is 324 g/mol. The fraction of sp³-hybridized carbons (Fsp3) is 0.400. The molecule has 1 rings (SSSR count). The van der Waals surface area contributed by atoms with Crippen LogP contribution in [0.3, 0.4) is 0 Å². The van der Waals surface area contributed by atoms with Crippen LogP contribution in [0.25, 0.3) is 0 Å². The summed E-state index contributed by atoms with van der Waals surface area (Å²) in [6, 6.07) is 3.80. The molecule has 0 aliphatic heterocycles. The van der Waals surface area contributed by atoms with Crippen LogP contribution >= 0.6 is 11.6 Å². The van der Waals surface area contributed by atoms with Crippen molar-refractivity contribution in [3.8, 4) is 5.75 Å². The number of imide groups is 1. The fourth-order valence-corrected chi connectivity index (χ4v) is 1.72. The Morgan fingerprint density at radius 2 is 1.96 bits per heavy atom. The summed E-state index contributed by atoms with van der Waals surface area (Å²) in [5.41, 5.74) is 0.0945. The number of benzene rings is 1. The lowest BCUT2D eigenvalue weighted by atomic mass is 10.2. The van der Waals surface area contributed by atoms with Crippen LogP contribution in [-0.2, 0) is 9.53 Å². The summed E-state index contributed by atoms with van der Waals surface area (Å²) < 4.78 is 9.87. The van der Waals surface area contributed by atoms with E-state index < -0.39 is 24.5 Å². The van der Waals surface area contributed by atoms with Gasteiger partial charge in [0.2, 0.25) is 0 Å². The standard InChI is InChI=1S/C15H19ClN2O5/c1-9(2)7-17-15(21)18-13(19)8-23-14(20)11-6-10(16)4-5-12(11)22-3/h4-6,9H,7-8H2,1-3H3,(H2,17,18,19,21). The van der Waals surface area contributed by atoms with Gasteiger partial charge in [-0.05, 0) is 24.1 Å². The minimum absolute atomic E-state index is 0.0945.